The van der Waals surface area contributed by atoms with E-state index in [1.165, 1.54) is 11.6 Å². The Morgan fingerprint density at radius 2 is 1.88 bits per heavy atom. The first-order valence-corrected chi connectivity index (χ1v) is 8.39. The SMILES string of the molecule is CC(=O)n1nc2c(c1C)[C@@H](c1ccc(Cl)cc1)c1c(nc(C)[nH]c1=O)O2. The summed E-state index contributed by atoms with van der Waals surface area (Å²) < 4.78 is 7.06. The van der Waals surface area contributed by atoms with Gasteiger partial charge in [0.05, 0.1) is 17.2 Å². The third-order valence-electron chi connectivity index (χ3n) is 4.44. The van der Waals surface area contributed by atoms with Crippen LogP contribution in [0.1, 0.15) is 45.8 Å². The molecule has 0 saturated carbocycles. The van der Waals surface area contributed by atoms with Crippen molar-refractivity contribution in [1.82, 2.24) is 19.7 Å². The minimum absolute atomic E-state index is 0.201. The van der Waals surface area contributed by atoms with E-state index in [9.17, 15) is 9.59 Å². The van der Waals surface area contributed by atoms with Crippen molar-refractivity contribution in [2.45, 2.75) is 26.7 Å². The Balaban J connectivity index is 2.04. The van der Waals surface area contributed by atoms with E-state index in [0.29, 0.717) is 27.7 Å². The van der Waals surface area contributed by atoms with Crippen LogP contribution in [-0.2, 0) is 0 Å². The summed E-state index contributed by atoms with van der Waals surface area (Å²) in [5.74, 6) is 0.220. The highest BCUT2D eigenvalue weighted by molar-refractivity contribution is 6.30. The van der Waals surface area contributed by atoms with Crippen LogP contribution in [0.15, 0.2) is 29.1 Å². The zero-order valence-electron chi connectivity index (χ0n) is 14.3. The Kier molecular flexibility index (Phi) is 3.69. The van der Waals surface area contributed by atoms with Crippen LogP contribution in [0.25, 0.3) is 0 Å². The Bertz CT molecular complexity index is 1100. The first-order chi connectivity index (χ1) is 12.4. The molecule has 0 bridgehead atoms. The molecule has 1 atom stereocenters. The number of benzene rings is 1. The van der Waals surface area contributed by atoms with Crippen molar-refractivity contribution in [2.24, 2.45) is 0 Å². The third-order valence-corrected chi connectivity index (χ3v) is 4.69. The predicted octanol–water partition coefficient (Wildman–Crippen LogP) is 3.18. The van der Waals surface area contributed by atoms with Gasteiger partial charge in [-0.25, -0.2) is 4.68 Å². The summed E-state index contributed by atoms with van der Waals surface area (Å²) in [6.45, 7) is 4.88. The highest BCUT2D eigenvalue weighted by Gasteiger charge is 2.37. The van der Waals surface area contributed by atoms with Gasteiger partial charge in [0.2, 0.25) is 17.7 Å². The van der Waals surface area contributed by atoms with Gasteiger partial charge >= 0.3 is 0 Å². The number of aromatic nitrogens is 4. The fourth-order valence-electron chi connectivity index (χ4n) is 3.33. The highest BCUT2D eigenvalue weighted by Crippen LogP contribution is 2.46. The lowest BCUT2D eigenvalue weighted by molar-refractivity contribution is 0.0917. The lowest BCUT2D eigenvalue weighted by Crippen LogP contribution is -2.24. The molecule has 132 valence electrons. The fraction of sp³-hybridized carbons (Fsp3) is 0.222. The van der Waals surface area contributed by atoms with Crippen LogP contribution >= 0.6 is 11.6 Å². The minimum Gasteiger partial charge on any atom is -0.418 e. The number of fused-ring (bicyclic) bond motifs is 2. The minimum atomic E-state index is -0.462. The maximum atomic E-state index is 12.7. The van der Waals surface area contributed by atoms with Crippen LogP contribution in [0, 0.1) is 13.8 Å². The number of halogens is 1. The first-order valence-electron chi connectivity index (χ1n) is 8.01. The number of aryl methyl sites for hydroxylation is 1. The molecule has 1 aromatic carbocycles. The molecule has 0 unspecified atom stereocenters. The van der Waals surface area contributed by atoms with E-state index in [2.05, 4.69) is 15.1 Å². The molecule has 0 saturated heterocycles. The summed E-state index contributed by atoms with van der Waals surface area (Å²) in [5.41, 5.74) is 2.23. The van der Waals surface area contributed by atoms with Crippen molar-refractivity contribution in [1.29, 1.82) is 0 Å². The molecule has 8 heteroatoms. The third kappa shape index (κ3) is 2.43. The molecular weight excluding hydrogens is 356 g/mol. The number of ether oxygens (including phenoxy) is 1. The van der Waals surface area contributed by atoms with E-state index >= 15 is 0 Å². The second-order valence-electron chi connectivity index (χ2n) is 6.19. The zero-order valence-corrected chi connectivity index (χ0v) is 15.1. The van der Waals surface area contributed by atoms with Gasteiger partial charge in [0.25, 0.3) is 5.56 Å². The van der Waals surface area contributed by atoms with Gasteiger partial charge in [-0.2, -0.15) is 4.98 Å². The van der Waals surface area contributed by atoms with Gasteiger partial charge in [-0.3, -0.25) is 9.59 Å². The van der Waals surface area contributed by atoms with Crippen LogP contribution < -0.4 is 10.3 Å². The maximum Gasteiger partial charge on any atom is 0.258 e. The van der Waals surface area contributed by atoms with Crippen molar-refractivity contribution in [3.05, 3.63) is 67.9 Å². The molecule has 4 rings (SSSR count). The fourth-order valence-corrected chi connectivity index (χ4v) is 3.45. The largest absolute Gasteiger partial charge is 0.418 e. The van der Waals surface area contributed by atoms with Crippen molar-refractivity contribution in [3.63, 3.8) is 0 Å². The van der Waals surface area contributed by atoms with Crippen LogP contribution in [0.2, 0.25) is 5.02 Å². The number of H-pyrrole nitrogens is 1. The number of carbonyl (C=O) groups is 1. The average molecular weight is 371 g/mol. The number of aromatic amines is 1. The molecule has 1 aliphatic heterocycles. The van der Waals surface area contributed by atoms with E-state index in [4.69, 9.17) is 16.3 Å². The van der Waals surface area contributed by atoms with Crippen LogP contribution in [0.4, 0.5) is 0 Å². The lowest BCUT2D eigenvalue weighted by Gasteiger charge is -2.24. The second kappa shape index (κ2) is 5.81. The van der Waals surface area contributed by atoms with Crippen molar-refractivity contribution in [3.8, 4) is 11.8 Å². The van der Waals surface area contributed by atoms with Crippen molar-refractivity contribution < 1.29 is 9.53 Å². The van der Waals surface area contributed by atoms with E-state index in [1.54, 1.807) is 26.0 Å². The summed E-state index contributed by atoms with van der Waals surface area (Å²) in [5, 5.41) is 4.86. The molecule has 0 spiro atoms. The number of nitrogens with zero attached hydrogens (tertiary/aromatic N) is 3. The number of hydrogen-bond acceptors (Lipinski definition) is 5. The van der Waals surface area contributed by atoms with Gasteiger partial charge in [-0.1, -0.05) is 23.7 Å². The monoisotopic (exact) mass is 370 g/mol. The number of nitrogens with one attached hydrogen (secondary N) is 1. The van der Waals surface area contributed by atoms with E-state index < -0.39 is 5.92 Å². The van der Waals surface area contributed by atoms with Crippen molar-refractivity contribution >= 4 is 17.5 Å². The summed E-state index contributed by atoms with van der Waals surface area (Å²) in [6, 6.07) is 7.20. The summed E-state index contributed by atoms with van der Waals surface area (Å²) >= 11 is 6.01. The number of hydrogen-bond donors (Lipinski definition) is 1. The van der Waals surface area contributed by atoms with Gasteiger partial charge in [-0.15, -0.1) is 5.10 Å². The quantitative estimate of drug-likeness (QED) is 0.555. The molecule has 2 aromatic heterocycles. The van der Waals surface area contributed by atoms with Gasteiger partial charge in [0.15, 0.2) is 0 Å². The Hall–Kier alpha value is -2.93. The highest BCUT2D eigenvalue weighted by atomic mass is 35.5. The van der Waals surface area contributed by atoms with Crippen LogP contribution in [0.3, 0.4) is 0 Å². The Morgan fingerprint density at radius 1 is 1.19 bits per heavy atom. The van der Waals surface area contributed by atoms with Crippen LogP contribution in [-0.4, -0.2) is 25.7 Å². The molecule has 0 radical (unpaired) electrons. The van der Waals surface area contributed by atoms with Gasteiger partial charge in [0.1, 0.15) is 5.82 Å². The van der Waals surface area contributed by atoms with E-state index in [1.807, 2.05) is 12.1 Å². The van der Waals surface area contributed by atoms with Crippen LogP contribution in [0.5, 0.6) is 11.8 Å². The topological polar surface area (TPSA) is 89.9 Å². The molecule has 0 amide bonds. The molecule has 1 N–H and O–H groups in total. The first kappa shape index (κ1) is 16.5. The molecule has 3 aromatic rings. The normalized spacial score (nSPS) is 15.2. The molecule has 0 aliphatic carbocycles. The molecule has 0 fully saturated rings. The standard InChI is InChI=1S/C18H15ClN4O3/c1-8-13-14(11-4-6-12(19)7-5-11)15-16(25)20-9(2)21-17(15)26-18(13)22-23(8)10(3)24/h4-7,14H,1-3H3,(H,20,21,25)/t14-/m1/s1. The predicted molar refractivity (Wildman–Crippen MR) is 95.3 cm³/mol. The summed E-state index contributed by atoms with van der Waals surface area (Å²) in [4.78, 5) is 31.6. The summed E-state index contributed by atoms with van der Waals surface area (Å²) in [6.07, 6.45) is 0. The Morgan fingerprint density at radius 3 is 2.54 bits per heavy atom. The molecule has 1 aliphatic rings. The van der Waals surface area contributed by atoms with Crippen molar-refractivity contribution in [2.75, 3.05) is 0 Å². The number of rotatable bonds is 1. The van der Waals surface area contributed by atoms with Gasteiger partial charge in [0, 0.05) is 17.5 Å². The smallest absolute Gasteiger partial charge is 0.258 e. The molecule has 26 heavy (non-hydrogen) atoms. The van der Waals surface area contributed by atoms with Gasteiger partial charge < -0.3 is 9.72 Å². The number of carbonyl (C=O) groups excluding carboxylic acids is 1. The van der Waals surface area contributed by atoms with Gasteiger partial charge in [-0.05, 0) is 31.5 Å². The lowest BCUT2D eigenvalue weighted by atomic mass is 9.85. The van der Waals surface area contributed by atoms with E-state index in [-0.39, 0.29) is 23.2 Å². The zero-order chi connectivity index (χ0) is 18.6. The molecule has 7 nitrogen and oxygen atoms in total. The molecular formula is C18H15ClN4O3. The average Bonchev–Trinajstić information content (AvgIpc) is 2.90. The second-order valence-corrected chi connectivity index (χ2v) is 6.63. The van der Waals surface area contributed by atoms with E-state index in [0.717, 1.165) is 5.56 Å². The Labute approximate surface area is 153 Å². The summed E-state index contributed by atoms with van der Waals surface area (Å²) in [7, 11) is 0. The molecule has 3 heterocycles. The maximum absolute atomic E-state index is 12.7.